The maximum absolute atomic E-state index is 12.9. The highest BCUT2D eigenvalue weighted by Gasteiger charge is 2.55. The first kappa shape index (κ1) is 16.7. The van der Waals surface area contributed by atoms with E-state index < -0.39 is 11.6 Å². The third-order valence-electron chi connectivity index (χ3n) is 5.63. The van der Waals surface area contributed by atoms with E-state index in [1.54, 1.807) is 6.07 Å². The predicted molar refractivity (Wildman–Crippen MR) is 90.9 cm³/mol. The number of nitrogens with zero attached hydrogens (tertiary/aromatic N) is 1. The van der Waals surface area contributed by atoms with Gasteiger partial charge in [0.25, 0.3) is 5.91 Å². The summed E-state index contributed by atoms with van der Waals surface area (Å²) < 4.78 is 0. The Morgan fingerprint density at radius 3 is 2.67 bits per heavy atom. The van der Waals surface area contributed by atoms with Gasteiger partial charge in [0.05, 0.1) is 6.54 Å². The molecule has 128 valence electrons. The van der Waals surface area contributed by atoms with E-state index >= 15 is 0 Å². The lowest BCUT2D eigenvalue weighted by Gasteiger charge is -2.36. The lowest BCUT2D eigenvalue weighted by atomic mass is 9.73. The topological polar surface area (TPSA) is 66.5 Å². The number of urea groups is 1. The standard InChI is InChI=1S/C19H24N2O3/c1-12-7-8-15(10-13(12)2)16(22)11-21-17(23)19(20-18(21)24)9-5-4-6-14(19)3/h7-8,10,14H,4-6,9,11H2,1-3H3,(H,20,24)/t14-,19-/m0/s1. The highest BCUT2D eigenvalue weighted by atomic mass is 16.2. The monoisotopic (exact) mass is 328 g/mol. The van der Waals surface area contributed by atoms with Crippen LogP contribution in [0.25, 0.3) is 0 Å². The van der Waals surface area contributed by atoms with Crippen LogP contribution in [0.3, 0.4) is 0 Å². The second-order valence-corrected chi connectivity index (χ2v) is 7.16. The number of hydrogen-bond acceptors (Lipinski definition) is 3. The summed E-state index contributed by atoms with van der Waals surface area (Å²) in [4.78, 5) is 38.8. The maximum atomic E-state index is 12.9. The van der Waals surface area contributed by atoms with Crippen LogP contribution in [-0.2, 0) is 4.79 Å². The second kappa shape index (κ2) is 6.04. The van der Waals surface area contributed by atoms with E-state index in [0.29, 0.717) is 12.0 Å². The van der Waals surface area contributed by atoms with Crippen molar-refractivity contribution >= 4 is 17.7 Å². The molecule has 1 saturated heterocycles. The van der Waals surface area contributed by atoms with Gasteiger partial charge in [-0.15, -0.1) is 0 Å². The van der Waals surface area contributed by atoms with Gasteiger partial charge in [-0.3, -0.25) is 14.5 Å². The fourth-order valence-electron chi connectivity index (χ4n) is 3.79. The van der Waals surface area contributed by atoms with Crippen LogP contribution in [0.4, 0.5) is 4.79 Å². The molecule has 3 amide bonds. The molecule has 0 radical (unpaired) electrons. The van der Waals surface area contributed by atoms with Crippen molar-refractivity contribution < 1.29 is 14.4 Å². The quantitative estimate of drug-likeness (QED) is 0.685. The number of imide groups is 1. The van der Waals surface area contributed by atoms with Crippen molar-refractivity contribution in [2.24, 2.45) is 5.92 Å². The molecule has 5 heteroatoms. The lowest BCUT2D eigenvalue weighted by Crippen LogP contribution is -2.54. The number of amides is 3. The van der Waals surface area contributed by atoms with Crippen LogP contribution < -0.4 is 5.32 Å². The lowest BCUT2D eigenvalue weighted by molar-refractivity contribution is -0.133. The average molecular weight is 328 g/mol. The molecule has 2 fully saturated rings. The Bertz CT molecular complexity index is 713. The van der Waals surface area contributed by atoms with E-state index in [1.165, 1.54) is 0 Å². The highest BCUT2D eigenvalue weighted by Crippen LogP contribution is 2.38. The molecule has 1 N–H and O–H groups in total. The molecule has 1 heterocycles. The zero-order valence-electron chi connectivity index (χ0n) is 14.5. The minimum Gasteiger partial charge on any atom is -0.323 e. The Labute approximate surface area is 142 Å². The Hall–Kier alpha value is -2.17. The molecule has 1 aliphatic heterocycles. The molecular formula is C19H24N2O3. The SMILES string of the molecule is Cc1ccc(C(=O)CN2C(=O)N[C@]3(CCCC[C@@H]3C)C2=O)cc1C. The zero-order valence-corrected chi connectivity index (χ0v) is 14.5. The minimum absolute atomic E-state index is 0.101. The average Bonchev–Trinajstić information content (AvgIpc) is 2.78. The predicted octanol–water partition coefficient (Wildman–Crippen LogP) is 2.99. The van der Waals surface area contributed by atoms with Gasteiger partial charge in [0.1, 0.15) is 5.54 Å². The number of ketones is 1. The summed E-state index contributed by atoms with van der Waals surface area (Å²) in [5, 5.41) is 2.88. The van der Waals surface area contributed by atoms with Gasteiger partial charge in [0.15, 0.2) is 5.78 Å². The number of hydrogen-bond donors (Lipinski definition) is 1. The fraction of sp³-hybridized carbons (Fsp3) is 0.526. The molecule has 1 aliphatic carbocycles. The zero-order chi connectivity index (χ0) is 17.5. The van der Waals surface area contributed by atoms with E-state index in [9.17, 15) is 14.4 Å². The molecule has 2 aliphatic rings. The van der Waals surface area contributed by atoms with E-state index in [4.69, 9.17) is 0 Å². The largest absolute Gasteiger partial charge is 0.325 e. The molecule has 0 aromatic heterocycles. The van der Waals surface area contributed by atoms with Crippen LogP contribution in [0.15, 0.2) is 18.2 Å². The van der Waals surface area contributed by atoms with E-state index in [0.717, 1.165) is 35.3 Å². The number of Topliss-reactive ketones (excluding diaryl/α,β-unsaturated/α-hetero) is 1. The van der Waals surface area contributed by atoms with E-state index in [2.05, 4.69) is 5.32 Å². The second-order valence-electron chi connectivity index (χ2n) is 7.16. The van der Waals surface area contributed by atoms with E-state index in [-0.39, 0.29) is 24.2 Å². The van der Waals surface area contributed by atoms with Gasteiger partial charge >= 0.3 is 6.03 Å². The van der Waals surface area contributed by atoms with Crippen LogP contribution in [0.1, 0.15) is 54.1 Å². The van der Waals surface area contributed by atoms with Crippen molar-refractivity contribution in [2.75, 3.05) is 6.54 Å². The van der Waals surface area contributed by atoms with Crippen LogP contribution in [0, 0.1) is 19.8 Å². The summed E-state index contributed by atoms with van der Waals surface area (Å²) in [6.07, 6.45) is 3.58. The Balaban J connectivity index is 1.80. The number of rotatable bonds is 3. The summed E-state index contributed by atoms with van der Waals surface area (Å²) in [6, 6.07) is 5.02. The molecule has 24 heavy (non-hydrogen) atoms. The molecule has 1 aromatic rings. The minimum atomic E-state index is -0.807. The van der Waals surface area contributed by atoms with Gasteiger partial charge in [0, 0.05) is 5.56 Å². The molecule has 2 atom stereocenters. The third kappa shape index (κ3) is 2.62. The number of nitrogens with one attached hydrogen (secondary N) is 1. The molecule has 0 bridgehead atoms. The van der Waals surface area contributed by atoms with Gasteiger partial charge < -0.3 is 5.32 Å². The van der Waals surface area contributed by atoms with Crippen LogP contribution in [0.5, 0.6) is 0 Å². The first-order chi connectivity index (χ1) is 11.3. The van der Waals surface area contributed by atoms with Crippen molar-refractivity contribution in [2.45, 2.75) is 52.0 Å². The Morgan fingerprint density at radius 2 is 2.00 bits per heavy atom. The summed E-state index contributed by atoms with van der Waals surface area (Å²) in [7, 11) is 0. The number of aryl methyl sites for hydroxylation is 2. The van der Waals surface area contributed by atoms with Gasteiger partial charge in [-0.05, 0) is 49.8 Å². The van der Waals surface area contributed by atoms with Crippen LogP contribution in [-0.4, -0.2) is 34.7 Å². The van der Waals surface area contributed by atoms with Crippen LogP contribution >= 0.6 is 0 Å². The van der Waals surface area contributed by atoms with Crippen molar-refractivity contribution in [1.29, 1.82) is 0 Å². The molecule has 5 nitrogen and oxygen atoms in total. The third-order valence-corrected chi connectivity index (χ3v) is 5.63. The summed E-state index contributed by atoms with van der Waals surface area (Å²) >= 11 is 0. The number of carbonyl (C=O) groups excluding carboxylic acids is 3. The molecule has 1 saturated carbocycles. The molecule has 3 rings (SSSR count). The Morgan fingerprint density at radius 1 is 1.25 bits per heavy atom. The van der Waals surface area contributed by atoms with Crippen molar-refractivity contribution in [3.05, 3.63) is 34.9 Å². The highest BCUT2D eigenvalue weighted by molar-refractivity contribution is 6.11. The first-order valence-corrected chi connectivity index (χ1v) is 8.60. The van der Waals surface area contributed by atoms with Gasteiger partial charge in [-0.1, -0.05) is 31.9 Å². The molecule has 1 aromatic carbocycles. The van der Waals surface area contributed by atoms with Crippen molar-refractivity contribution in [1.82, 2.24) is 10.2 Å². The smallest absolute Gasteiger partial charge is 0.323 e. The molecule has 1 spiro atoms. The van der Waals surface area contributed by atoms with Crippen molar-refractivity contribution in [3.63, 3.8) is 0 Å². The fourth-order valence-corrected chi connectivity index (χ4v) is 3.79. The van der Waals surface area contributed by atoms with Gasteiger partial charge in [0.2, 0.25) is 0 Å². The summed E-state index contributed by atoms with van der Waals surface area (Å²) in [6.45, 7) is 5.74. The van der Waals surface area contributed by atoms with Gasteiger partial charge in [-0.25, -0.2) is 4.79 Å². The van der Waals surface area contributed by atoms with Gasteiger partial charge in [-0.2, -0.15) is 0 Å². The molecular weight excluding hydrogens is 304 g/mol. The first-order valence-electron chi connectivity index (χ1n) is 8.60. The normalized spacial score (nSPS) is 26.8. The summed E-state index contributed by atoms with van der Waals surface area (Å²) in [5.74, 6) is -0.344. The Kier molecular flexibility index (Phi) is 4.20. The number of benzene rings is 1. The molecule has 0 unspecified atom stereocenters. The van der Waals surface area contributed by atoms with Crippen LogP contribution in [0.2, 0.25) is 0 Å². The summed E-state index contributed by atoms with van der Waals surface area (Å²) in [5.41, 5.74) is 1.86. The number of carbonyl (C=O) groups is 3. The maximum Gasteiger partial charge on any atom is 0.325 e. The van der Waals surface area contributed by atoms with Crippen molar-refractivity contribution in [3.8, 4) is 0 Å². The van der Waals surface area contributed by atoms with E-state index in [1.807, 2.05) is 32.9 Å².